The summed E-state index contributed by atoms with van der Waals surface area (Å²) in [6.07, 6.45) is 0. The molecule has 1 aliphatic carbocycles. The van der Waals surface area contributed by atoms with Crippen LogP contribution in [0.1, 0.15) is 15.9 Å². The van der Waals surface area contributed by atoms with E-state index in [2.05, 4.69) is 28.3 Å². The van der Waals surface area contributed by atoms with Gasteiger partial charge >= 0.3 is 0 Å². The second kappa shape index (κ2) is 7.00. The Morgan fingerprint density at radius 3 is 2.47 bits per heavy atom. The van der Waals surface area contributed by atoms with Gasteiger partial charge in [0.15, 0.2) is 11.5 Å². The lowest BCUT2D eigenvalue weighted by molar-refractivity contribution is 0.103. The number of carbonyl (C=O) groups excluding carboxylic acids is 1. The van der Waals surface area contributed by atoms with Crippen LogP contribution < -0.4 is 4.90 Å². The molecule has 1 aromatic heterocycles. The van der Waals surface area contributed by atoms with Gasteiger partial charge in [-0.1, -0.05) is 59.4 Å². The van der Waals surface area contributed by atoms with Crippen molar-refractivity contribution in [2.45, 2.75) is 9.79 Å². The van der Waals surface area contributed by atoms with Crippen molar-refractivity contribution in [1.29, 1.82) is 0 Å². The van der Waals surface area contributed by atoms with Gasteiger partial charge in [0, 0.05) is 34.0 Å². The summed E-state index contributed by atoms with van der Waals surface area (Å²) in [5.41, 5.74) is 3.86. The first-order valence-electron chi connectivity index (χ1n) is 9.97. The summed E-state index contributed by atoms with van der Waals surface area (Å²) in [4.78, 5) is 17.9. The molecule has 148 valence electrons. The van der Waals surface area contributed by atoms with Crippen molar-refractivity contribution in [1.82, 2.24) is 5.16 Å². The Hall–Kier alpha value is -3.09. The topological polar surface area (TPSA) is 55.6 Å². The summed E-state index contributed by atoms with van der Waals surface area (Å²) >= 11 is 1.64. The zero-order valence-corrected chi connectivity index (χ0v) is 16.9. The Morgan fingerprint density at radius 1 is 0.933 bits per heavy atom. The quantitative estimate of drug-likeness (QED) is 0.413. The Bertz CT molecular complexity index is 1280. The van der Waals surface area contributed by atoms with Gasteiger partial charge in [0.25, 0.3) is 0 Å². The summed E-state index contributed by atoms with van der Waals surface area (Å²) in [6, 6.07) is 19.9. The minimum atomic E-state index is 0.0315. The average molecular weight is 414 g/mol. The third kappa shape index (κ3) is 2.68. The molecular formula is C24H18N2O3S. The smallest absolute Gasteiger partial charge is 0.196 e. The molecule has 0 radical (unpaired) electrons. The highest BCUT2D eigenvalue weighted by Crippen LogP contribution is 2.47. The molecule has 0 saturated carbocycles. The molecule has 30 heavy (non-hydrogen) atoms. The lowest BCUT2D eigenvalue weighted by Gasteiger charge is -2.31. The lowest BCUT2D eigenvalue weighted by Crippen LogP contribution is -2.37. The SMILES string of the molecule is O=C1c2ccccc2-c2onc3c(Sc4ccccc4)cc(N4CCOCC4)c1c23. The van der Waals surface area contributed by atoms with Crippen LogP contribution >= 0.6 is 11.8 Å². The molecular weight excluding hydrogens is 396 g/mol. The predicted octanol–water partition coefficient (Wildman–Crippen LogP) is 5.03. The third-order valence-corrected chi connectivity index (χ3v) is 6.70. The normalized spacial score (nSPS) is 15.5. The first-order chi connectivity index (χ1) is 14.8. The Kier molecular flexibility index (Phi) is 4.14. The van der Waals surface area contributed by atoms with E-state index in [9.17, 15) is 4.79 Å². The number of anilines is 1. The van der Waals surface area contributed by atoms with Crippen LogP contribution in [0.3, 0.4) is 0 Å². The van der Waals surface area contributed by atoms with E-state index in [1.807, 2.05) is 42.5 Å². The van der Waals surface area contributed by atoms with E-state index < -0.39 is 0 Å². The minimum Gasteiger partial charge on any atom is -0.378 e. The number of carbonyl (C=O) groups is 1. The van der Waals surface area contributed by atoms with Gasteiger partial charge in [-0.05, 0) is 18.2 Å². The van der Waals surface area contributed by atoms with Crippen molar-refractivity contribution >= 4 is 34.1 Å². The number of benzene rings is 3. The molecule has 1 saturated heterocycles. The van der Waals surface area contributed by atoms with Crippen LogP contribution in [-0.2, 0) is 4.74 Å². The monoisotopic (exact) mass is 414 g/mol. The van der Waals surface area contributed by atoms with Crippen LogP contribution in [-0.4, -0.2) is 37.2 Å². The molecule has 1 aliphatic heterocycles. The van der Waals surface area contributed by atoms with Crippen molar-refractivity contribution in [3.63, 3.8) is 0 Å². The van der Waals surface area contributed by atoms with E-state index >= 15 is 0 Å². The van der Waals surface area contributed by atoms with Gasteiger partial charge in [0.05, 0.1) is 29.9 Å². The van der Waals surface area contributed by atoms with Crippen LogP contribution in [0.25, 0.3) is 22.2 Å². The molecule has 0 spiro atoms. The van der Waals surface area contributed by atoms with Crippen molar-refractivity contribution < 1.29 is 14.1 Å². The van der Waals surface area contributed by atoms with Crippen LogP contribution in [0.2, 0.25) is 0 Å². The third-order valence-electron chi connectivity index (χ3n) is 5.67. The van der Waals surface area contributed by atoms with Gasteiger partial charge < -0.3 is 14.2 Å². The summed E-state index contributed by atoms with van der Waals surface area (Å²) in [7, 11) is 0. The molecule has 2 heterocycles. The number of ether oxygens (including phenoxy) is 1. The molecule has 1 fully saturated rings. The second-order valence-electron chi connectivity index (χ2n) is 7.39. The molecule has 0 atom stereocenters. The summed E-state index contributed by atoms with van der Waals surface area (Å²) < 4.78 is 11.4. The lowest BCUT2D eigenvalue weighted by atomic mass is 9.86. The van der Waals surface area contributed by atoms with Crippen molar-refractivity contribution in [2.75, 3.05) is 31.2 Å². The highest BCUT2D eigenvalue weighted by atomic mass is 32.2. The van der Waals surface area contributed by atoms with Gasteiger partial charge in [-0.25, -0.2) is 0 Å². The zero-order valence-electron chi connectivity index (χ0n) is 16.1. The van der Waals surface area contributed by atoms with Gasteiger partial charge in [0.1, 0.15) is 5.52 Å². The number of fused-ring (bicyclic) bond motifs is 2. The Balaban J connectivity index is 1.63. The van der Waals surface area contributed by atoms with Crippen molar-refractivity contribution in [2.24, 2.45) is 0 Å². The molecule has 6 rings (SSSR count). The molecule has 0 N–H and O–H groups in total. The largest absolute Gasteiger partial charge is 0.378 e. The maximum atomic E-state index is 13.6. The number of hydrogen-bond donors (Lipinski definition) is 0. The van der Waals surface area contributed by atoms with Gasteiger partial charge in [-0.15, -0.1) is 0 Å². The van der Waals surface area contributed by atoms with E-state index in [-0.39, 0.29) is 5.78 Å². The molecule has 0 bridgehead atoms. The fraction of sp³-hybridized carbons (Fsp3) is 0.167. The Labute approximate surface area is 177 Å². The number of aromatic nitrogens is 1. The number of ketones is 1. The Morgan fingerprint density at radius 2 is 1.67 bits per heavy atom. The highest BCUT2D eigenvalue weighted by molar-refractivity contribution is 7.99. The molecule has 5 nitrogen and oxygen atoms in total. The van der Waals surface area contributed by atoms with Crippen LogP contribution in [0.5, 0.6) is 0 Å². The molecule has 6 heteroatoms. The van der Waals surface area contributed by atoms with E-state index in [1.165, 1.54) is 0 Å². The summed E-state index contributed by atoms with van der Waals surface area (Å²) in [5.74, 6) is 0.712. The number of hydrogen-bond acceptors (Lipinski definition) is 6. The molecule has 4 aromatic rings. The molecule has 3 aromatic carbocycles. The van der Waals surface area contributed by atoms with Crippen molar-refractivity contribution in [3.05, 3.63) is 71.8 Å². The zero-order chi connectivity index (χ0) is 20.1. The average Bonchev–Trinajstić information content (AvgIpc) is 3.25. The summed E-state index contributed by atoms with van der Waals surface area (Å²) in [6.45, 7) is 2.81. The van der Waals surface area contributed by atoms with E-state index in [1.54, 1.807) is 11.8 Å². The fourth-order valence-corrected chi connectivity index (χ4v) is 5.21. The van der Waals surface area contributed by atoms with Crippen LogP contribution in [0.15, 0.2) is 75.0 Å². The maximum Gasteiger partial charge on any atom is 0.196 e. The highest BCUT2D eigenvalue weighted by Gasteiger charge is 2.34. The van der Waals surface area contributed by atoms with E-state index in [4.69, 9.17) is 9.26 Å². The predicted molar refractivity (Wildman–Crippen MR) is 116 cm³/mol. The summed E-state index contributed by atoms with van der Waals surface area (Å²) in [5, 5.41) is 5.24. The van der Waals surface area contributed by atoms with E-state index in [0.717, 1.165) is 45.0 Å². The second-order valence-corrected chi connectivity index (χ2v) is 8.51. The first kappa shape index (κ1) is 17.7. The molecule has 0 amide bonds. The minimum absolute atomic E-state index is 0.0315. The number of morpholine rings is 1. The number of rotatable bonds is 3. The maximum absolute atomic E-state index is 13.6. The van der Waals surface area contributed by atoms with E-state index in [0.29, 0.717) is 30.1 Å². The van der Waals surface area contributed by atoms with Gasteiger partial charge in [-0.3, -0.25) is 4.79 Å². The van der Waals surface area contributed by atoms with Crippen LogP contribution in [0.4, 0.5) is 5.69 Å². The number of nitrogens with zero attached hydrogens (tertiary/aromatic N) is 2. The molecule has 0 unspecified atom stereocenters. The van der Waals surface area contributed by atoms with Crippen LogP contribution in [0, 0.1) is 0 Å². The van der Waals surface area contributed by atoms with Gasteiger partial charge in [-0.2, -0.15) is 0 Å². The van der Waals surface area contributed by atoms with Crippen molar-refractivity contribution in [3.8, 4) is 11.3 Å². The fourth-order valence-electron chi connectivity index (χ4n) is 4.26. The first-order valence-corrected chi connectivity index (χ1v) is 10.8. The standard InChI is InChI=1S/C24H18N2O3S/c27-23-16-8-4-5-9-17(16)24-21-20(23)18(26-10-12-28-13-11-26)14-19(22(21)25-29-24)30-15-6-2-1-3-7-15/h1-9,14H,10-13H2. The molecule has 2 aliphatic rings. The van der Waals surface area contributed by atoms with Gasteiger partial charge in [0.2, 0.25) is 0 Å².